The largest absolute Gasteiger partial charge is 0.340 e. The van der Waals surface area contributed by atoms with Gasteiger partial charge in [0.15, 0.2) is 0 Å². The highest BCUT2D eigenvalue weighted by atomic mass is 35.5. The average Bonchev–Trinajstić information content (AvgIpc) is 2.82. The summed E-state index contributed by atoms with van der Waals surface area (Å²) in [4.78, 5) is 14.1. The Morgan fingerprint density at radius 3 is 2.75 bits per heavy atom. The zero-order valence-corrected chi connectivity index (χ0v) is 10.9. The second kappa shape index (κ2) is 6.23. The molecule has 0 saturated carbocycles. The summed E-state index contributed by atoms with van der Waals surface area (Å²) in [5.74, 6) is 0.268. The van der Waals surface area contributed by atoms with Gasteiger partial charge in [-0.25, -0.2) is 0 Å². The van der Waals surface area contributed by atoms with Crippen LogP contribution >= 0.6 is 23.7 Å². The number of amides is 1. The maximum absolute atomic E-state index is 12.1. The molecule has 1 unspecified atom stereocenters. The minimum absolute atomic E-state index is 0. The summed E-state index contributed by atoms with van der Waals surface area (Å²) in [6.45, 7) is 5.51. The molecule has 0 aliphatic carbocycles. The van der Waals surface area contributed by atoms with Crippen molar-refractivity contribution >= 4 is 29.7 Å². The molecule has 90 valence electrons. The highest BCUT2D eigenvalue weighted by Gasteiger charge is 2.23. The van der Waals surface area contributed by atoms with E-state index in [0.29, 0.717) is 0 Å². The summed E-state index contributed by atoms with van der Waals surface area (Å²) in [5.41, 5.74) is 1.14. The molecule has 1 aliphatic heterocycles. The minimum atomic E-state index is 0. The molecule has 1 saturated heterocycles. The number of hydrogen-bond acceptors (Lipinski definition) is 3. The van der Waals surface area contributed by atoms with E-state index in [0.717, 1.165) is 31.7 Å². The van der Waals surface area contributed by atoms with Gasteiger partial charge >= 0.3 is 0 Å². The van der Waals surface area contributed by atoms with Crippen molar-refractivity contribution in [1.29, 1.82) is 0 Å². The van der Waals surface area contributed by atoms with Crippen molar-refractivity contribution in [2.45, 2.75) is 12.8 Å². The molecule has 2 rings (SSSR count). The van der Waals surface area contributed by atoms with Crippen LogP contribution in [-0.2, 0) is 4.79 Å². The Bertz CT molecular complexity index is 323. The van der Waals surface area contributed by atoms with Gasteiger partial charge in [0.25, 0.3) is 0 Å². The maximum atomic E-state index is 12.1. The number of carbonyl (C=O) groups is 1. The molecule has 1 fully saturated rings. The number of piperazine rings is 1. The van der Waals surface area contributed by atoms with E-state index in [-0.39, 0.29) is 24.2 Å². The van der Waals surface area contributed by atoms with Crippen LogP contribution < -0.4 is 5.32 Å². The van der Waals surface area contributed by atoms with Gasteiger partial charge in [-0.3, -0.25) is 4.79 Å². The third kappa shape index (κ3) is 2.97. The Labute approximate surface area is 106 Å². The quantitative estimate of drug-likeness (QED) is 0.878. The average molecular weight is 261 g/mol. The number of carbonyl (C=O) groups excluding carboxylic acids is 1. The molecular formula is C11H17ClN2OS. The van der Waals surface area contributed by atoms with Gasteiger partial charge in [0, 0.05) is 26.2 Å². The first kappa shape index (κ1) is 13.5. The summed E-state index contributed by atoms with van der Waals surface area (Å²) in [5, 5.41) is 7.34. The van der Waals surface area contributed by atoms with Crippen molar-refractivity contribution in [3.63, 3.8) is 0 Å². The molecule has 0 aromatic carbocycles. The van der Waals surface area contributed by atoms with Crippen LogP contribution in [0, 0.1) is 0 Å². The van der Waals surface area contributed by atoms with Crippen molar-refractivity contribution in [3.05, 3.63) is 22.4 Å². The Morgan fingerprint density at radius 2 is 2.19 bits per heavy atom. The Hall–Kier alpha value is -0.580. The highest BCUT2D eigenvalue weighted by molar-refractivity contribution is 7.08. The molecule has 0 bridgehead atoms. The molecule has 0 spiro atoms. The van der Waals surface area contributed by atoms with Crippen LogP contribution in [0.2, 0.25) is 0 Å². The maximum Gasteiger partial charge on any atom is 0.229 e. The molecule has 3 nitrogen and oxygen atoms in total. The van der Waals surface area contributed by atoms with E-state index >= 15 is 0 Å². The highest BCUT2D eigenvalue weighted by Crippen LogP contribution is 2.20. The van der Waals surface area contributed by atoms with Crippen LogP contribution in [0.25, 0.3) is 0 Å². The van der Waals surface area contributed by atoms with Crippen molar-refractivity contribution in [2.75, 3.05) is 26.2 Å². The van der Waals surface area contributed by atoms with Gasteiger partial charge in [0.2, 0.25) is 5.91 Å². The first-order chi connectivity index (χ1) is 7.29. The van der Waals surface area contributed by atoms with Crippen LogP contribution in [0.1, 0.15) is 18.4 Å². The van der Waals surface area contributed by atoms with Crippen molar-refractivity contribution in [1.82, 2.24) is 10.2 Å². The van der Waals surface area contributed by atoms with Crippen molar-refractivity contribution in [2.24, 2.45) is 0 Å². The number of hydrogen-bond donors (Lipinski definition) is 1. The van der Waals surface area contributed by atoms with Gasteiger partial charge in [-0.2, -0.15) is 11.3 Å². The van der Waals surface area contributed by atoms with Gasteiger partial charge in [-0.15, -0.1) is 12.4 Å². The normalized spacial score (nSPS) is 17.7. The SMILES string of the molecule is CC(C(=O)N1CCNCC1)c1ccsc1.Cl. The van der Waals surface area contributed by atoms with Crippen LogP contribution in [0.4, 0.5) is 0 Å². The molecule has 1 atom stereocenters. The third-order valence-electron chi connectivity index (χ3n) is 2.84. The lowest BCUT2D eigenvalue weighted by Crippen LogP contribution is -2.47. The first-order valence-electron chi connectivity index (χ1n) is 5.30. The summed E-state index contributed by atoms with van der Waals surface area (Å²) in [7, 11) is 0. The van der Waals surface area contributed by atoms with Crippen LogP contribution in [0.5, 0.6) is 0 Å². The van der Waals surface area contributed by atoms with Gasteiger partial charge in [-0.05, 0) is 29.3 Å². The Kier molecular flexibility index (Phi) is 5.25. The van der Waals surface area contributed by atoms with E-state index in [4.69, 9.17) is 0 Å². The van der Waals surface area contributed by atoms with Gasteiger partial charge in [0.05, 0.1) is 5.92 Å². The van der Waals surface area contributed by atoms with E-state index in [2.05, 4.69) is 10.7 Å². The van der Waals surface area contributed by atoms with E-state index in [1.54, 1.807) is 11.3 Å². The van der Waals surface area contributed by atoms with Crippen molar-refractivity contribution < 1.29 is 4.79 Å². The molecule has 1 amide bonds. The molecule has 1 N–H and O–H groups in total. The summed E-state index contributed by atoms with van der Waals surface area (Å²) in [6.07, 6.45) is 0. The monoisotopic (exact) mass is 260 g/mol. The Morgan fingerprint density at radius 1 is 1.50 bits per heavy atom. The first-order valence-corrected chi connectivity index (χ1v) is 6.25. The summed E-state index contributed by atoms with van der Waals surface area (Å²) >= 11 is 1.65. The zero-order chi connectivity index (χ0) is 10.7. The fourth-order valence-corrected chi connectivity index (χ4v) is 2.58. The van der Waals surface area contributed by atoms with E-state index in [9.17, 15) is 4.79 Å². The molecule has 1 aromatic rings. The van der Waals surface area contributed by atoms with Crippen LogP contribution in [-0.4, -0.2) is 37.0 Å². The fraction of sp³-hybridized carbons (Fsp3) is 0.545. The molecular weight excluding hydrogens is 244 g/mol. The summed E-state index contributed by atoms with van der Waals surface area (Å²) < 4.78 is 0. The number of halogens is 1. The van der Waals surface area contributed by atoms with E-state index in [1.165, 1.54) is 0 Å². The number of rotatable bonds is 2. The second-order valence-electron chi connectivity index (χ2n) is 3.85. The summed E-state index contributed by atoms with van der Waals surface area (Å²) in [6, 6.07) is 2.04. The number of nitrogens with one attached hydrogen (secondary N) is 1. The van der Waals surface area contributed by atoms with Gasteiger partial charge < -0.3 is 10.2 Å². The smallest absolute Gasteiger partial charge is 0.229 e. The molecule has 1 aliphatic rings. The zero-order valence-electron chi connectivity index (χ0n) is 9.31. The predicted octanol–water partition coefficient (Wildman–Crippen LogP) is 1.71. The fourth-order valence-electron chi connectivity index (χ4n) is 1.82. The van der Waals surface area contributed by atoms with Gasteiger partial charge in [0.1, 0.15) is 0 Å². The number of thiophene rings is 1. The number of nitrogens with zero attached hydrogens (tertiary/aromatic N) is 1. The van der Waals surface area contributed by atoms with E-state index < -0.39 is 0 Å². The van der Waals surface area contributed by atoms with Gasteiger partial charge in [-0.1, -0.05) is 0 Å². The molecule has 16 heavy (non-hydrogen) atoms. The molecule has 2 heterocycles. The lowest BCUT2D eigenvalue weighted by Gasteiger charge is -2.29. The van der Waals surface area contributed by atoms with Crippen molar-refractivity contribution in [3.8, 4) is 0 Å². The molecule has 5 heteroatoms. The molecule has 0 radical (unpaired) electrons. The standard InChI is InChI=1S/C11H16N2OS.ClH/c1-9(10-2-7-15-8-10)11(14)13-5-3-12-4-6-13;/h2,7-9,12H,3-6H2,1H3;1H. The second-order valence-corrected chi connectivity index (χ2v) is 4.63. The lowest BCUT2D eigenvalue weighted by atomic mass is 10.0. The third-order valence-corrected chi connectivity index (χ3v) is 3.54. The topological polar surface area (TPSA) is 32.3 Å². The minimum Gasteiger partial charge on any atom is -0.340 e. The molecule has 1 aromatic heterocycles. The lowest BCUT2D eigenvalue weighted by molar-refractivity contribution is -0.133. The van der Waals surface area contributed by atoms with Crippen LogP contribution in [0.3, 0.4) is 0 Å². The van der Waals surface area contributed by atoms with E-state index in [1.807, 2.05) is 23.3 Å². The predicted molar refractivity (Wildman–Crippen MR) is 69.4 cm³/mol. The Balaban J connectivity index is 0.00000128. The van der Waals surface area contributed by atoms with Crippen LogP contribution in [0.15, 0.2) is 16.8 Å².